The molecule has 1 aliphatic rings. The van der Waals surface area contributed by atoms with E-state index in [1.165, 1.54) is 0 Å². The molecule has 2 N–H and O–H groups in total. The van der Waals surface area contributed by atoms with E-state index in [1.807, 2.05) is 13.8 Å². The number of nitrogens with two attached hydrogens (primary N) is 1. The second-order valence-corrected chi connectivity index (χ2v) is 7.48. The number of piperidine rings is 1. The van der Waals surface area contributed by atoms with Crippen LogP contribution in [0.3, 0.4) is 0 Å². The lowest BCUT2D eigenvalue weighted by molar-refractivity contribution is 0.141. The number of hydrogen-bond acceptors (Lipinski definition) is 3. The van der Waals surface area contributed by atoms with E-state index in [4.69, 9.17) is 5.73 Å². The molecular weight excluding hydrogens is 212 g/mol. The van der Waals surface area contributed by atoms with Gasteiger partial charge in [-0.1, -0.05) is 0 Å². The van der Waals surface area contributed by atoms with Crippen molar-refractivity contribution in [1.82, 2.24) is 4.31 Å². The molecule has 0 amide bonds. The zero-order valence-corrected chi connectivity index (χ0v) is 10.8. The summed E-state index contributed by atoms with van der Waals surface area (Å²) in [7, 11) is -3.19. The quantitative estimate of drug-likeness (QED) is 0.773. The molecule has 1 rings (SSSR count). The molecule has 0 saturated carbocycles. The molecule has 0 bridgehead atoms. The molecule has 5 heteroatoms. The summed E-state index contributed by atoms with van der Waals surface area (Å²) in [5.41, 5.74) is 5.54. The van der Waals surface area contributed by atoms with E-state index < -0.39 is 15.6 Å². The highest BCUT2D eigenvalue weighted by Gasteiger charge is 2.43. The monoisotopic (exact) mass is 234 g/mol. The van der Waals surface area contributed by atoms with E-state index in [0.717, 1.165) is 12.8 Å². The van der Waals surface area contributed by atoms with Gasteiger partial charge < -0.3 is 5.73 Å². The largest absolute Gasteiger partial charge is 0.326 e. The molecular formula is C10H22N2O2S. The average molecular weight is 234 g/mol. The average Bonchev–Trinajstić information content (AvgIpc) is 2.09. The van der Waals surface area contributed by atoms with Crippen LogP contribution >= 0.6 is 0 Å². The van der Waals surface area contributed by atoms with Crippen molar-refractivity contribution in [1.29, 1.82) is 0 Å². The van der Waals surface area contributed by atoms with Gasteiger partial charge in [-0.2, -0.15) is 4.31 Å². The summed E-state index contributed by atoms with van der Waals surface area (Å²) in [5, 5.41) is -0.373. The van der Waals surface area contributed by atoms with Gasteiger partial charge in [-0.25, -0.2) is 8.42 Å². The maximum Gasteiger partial charge on any atom is 0.216 e. The van der Waals surface area contributed by atoms with Crippen LogP contribution in [0.25, 0.3) is 0 Å². The highest BCUT2D eigenvalue weighted by atomic mass is 32.2. The van der Waals surface area contributed by atoms with Crippen LogP contribution in [0.2, 0.25) is 0 Å². The molecule has 0 aromatic carbocycles. The van der Waals surface area contributed by atoms with Crippen molar-refractivity contribution in [2.24, 2.45) is 5.73 Å². The Morgan fingerprint density at radius 3 is 2.40 bits per heavy atom. The van der Waals surface area contributed by atoms with E-state index in [9.17, 15) is 8.42 Å². The topological polar surface area (TPSA) is 63.4 Å². The molecule has 15 heavy (non-hydrogen) atoms. The van der Waals surface area contributed by atoms with Gasteiger partial charge in [-0.15, -0.1) is 0 Å². The molecule has 1 atom stereocenters. The Morgan fingerprint density at radius 2 is 1.93 bits per heavy atom. The summed E-state index contributed by atoms with van der Waals surface area (Å²) >= 11 is 0. The van der Waals surface area contributed by atoms with Gasteiger partial charge in [0.25, 0.3) is 0 Å². The minimum atomic E-state index is -3.19. The first-order valence-electron chi connectivity index (χ1n) is 5.48. The number of nitrogens with zero attached hydrogens (tertiary/aromatic N) is 1. The van der Waals surface area contributed by atoms with E-state index in [-0.39, 0.29) is 11.3 Å². The standard InChI is InChI=1S/C10H22N2O2S/c1-8(2)15(13,14)12-7-5-6-9(11)10(12,3)4/h8-9H,5-7,11H2,1-4H3. The van der Waals surface area contributed by atoms with Crippen LogP contribution in [0.5, 0.6) is 0 Å². The third-order valence-electron chi connectivity index (χ3n) is 3.33. The first-order chi connectivity index (χ1) is 6.70. The van der Waals surface area contributed by atoms with Crippen molar-refractivity contribution < 1.29 is 8.42 Å². The fourth-order valence-corrected chi connectivity index (χ4v) is 3.67. The van der Waals surface area contributed by atoms with Crippen LogP contribution in [0.1, 0.15) is 40.5 Å². The van der Waals surface area contributed by atoms with Crippen molar-refractivity contribution >= 4 is 10.0 Å². The molecule has 1 fully saturated rings. The molecule has 1 unspecified atom stereocenters. The number of rotatable bonds is 2. The van der Waals surface area contributed by atoms with Crippen molar-refractivity contribution in [3.63, 3.8) is 0 Å². The van der Waals surface area contributed by atoms with Crippen molar-refractivity contribution in [2.45, 2.75) is 57.4 Å². The molecule has 0 aliphatic carbocycles. The zero-order valence-electron chi connectivity index (χ0n) is 10.0. The Bertz CT molecular complexity index is 322. The van der Waals surface area contributed by atoms with Crippen LogP contribution < -0.4 is 5.73 Å². The van der Waals surface area contributed by atoms with Crippen LogP contribution in [0, 0.1) is 0 Å². The minimum absolute atomic E-state index is 0.0697. The zero-order chi connectivity index (χ0) is 11.9. The molecule has 1 saturated heterocycles. The lowest BCUT2D eigenvalue weighted by Gasteiger charge is -2.46. The highest BCUT2D eigenvalue weighted by molar-refractivity contribution is 7.89. The summed E-state index contributed by atoms with van der Waals surface area (Å²) < 4.78 is 25.8. The molecule has 0 aromatic rings. The summed E-state index contributed by atoms with van der Waals surface area (Å²) in [6.07, 6.45) is 1.76. The SMILES string of the molecule is CC(C)S(=O)(=O)N1CCCC(N)C1(C)C. The molecule has 0 radical (unpaired) electrons. The fourth-order valence-electron chi connectivity index (χ4n) is 1.99. The van der Waals surface area contributed by atoms with Crippen molar-refractivity contribution in [3.05, 3.63) is 0 Å². The van der Waals surface area contributed by atoms with E-state index in [2.05, 4.69) is 0 Å². The predicted octanol–water partition coefficient (Wildman–Crippen LogP) is 0.926. The second kappa shape index (κ2) is 4.03. The molecule has 0 aromatic heterocycles. The fraction of sp³-hybridized carbons (Fsp3) is 1.00. The minimum Gasteiger partial charge on any atom is -0.326 e. The Morgan fingerprint density at radius 1 is 1.40 bits per heavy atom. The molecule has 1 heterocycles. The summed E-state index contributed by atoms with van der Waals surface area (Å²) in [4.78, 5) is 0. The van der Waals surface area contributed by atoms with Crippen LogP contribution in [-0.4, -0.2) is 36.1 Å². The lowest BCUT2D eigenvalue weighted by Crippen LogP contribution is -2.62. The van der Waals surface area contributed by atoms with Crippen molar-refractivity contribution in [2.75, 3.05) is 6.54 Å². The van der Waals surface area contributed by atoms with Gasteiger partial charge in [0.15, 0.2) is 0 Å². The van der Waals surface area contributed by atoms with Gasteiger partial charge in [0.1, 0.15) is 0 Å². The molecule has 1 aliphatic heterocycles. The van der Waals surface area contributed by atoms with Gasteiger partial charge in [0, 0.05) is 18.1 Å². The third kappa shape index (κ3) is 2.19. The number of hydrogen-bond donors (Lipinski definition) is 1. The van der Waals surface area contributed by atoms with Gasteiger partial charge >= 0.3 is 0 Å². The van der Waals surface area contributed by atoms with Gasteiger partial charge in [-0.05, 0) is 40.5 Å². The summed E-state index contributed by atoms with van der Waals surface area (Å²) in [6.45, 7) is 7.85. The Kier molecular flexibility index (Phi) is 3.48. The number of sulfonamides is 1. The van der Waals surface area contributed by atoms with E-state index in [0.29, 0.717) is 6.54 Å². The van der Waals surface area contributed by atoms with Gasteiger partial charge in [0.2, 0.25) is 10.0 Å². The van der Waals surface area contributed by atoms with E-state index >= 15 is 0 Å². The lowest BCUT2D eigenvalue weighted by atomic mass is 9.88. The maximum atomic E-state index is 12.1. The summed E-state index contributed by atoms with van der Waals surface area (Å²) in [5.74, 6) is 0. The molecule has 0 spiro atoms. The van der Waals surface area contributed by atoms with Crippen LogP contribution in [-0.2, 0) is 10.0 Å². The first kappa shape index (κ1) is 12.9. The van der Waals surface area contributed by atoms with Crippen LogP contribution in [0.4, 0.5) is 0 Å². The Hall–Kier alpha value is -0.130. The second-order valence-electron chi connectivity index (χ2n) is 5.07. The highest BCUT2D eigenvalue weighted by Crippen LogP contribution is 2.30. The smallest absolute Gasteiger partial charge is 0.216 e. The normalized spacial score (nSPS) is 28.3. The Labute approximate surface area is 92.9 Å². The van der Waals surface area contributed by atoms with Gasteiger partial charge in [-0.3, -0.25) is 0 Å². The van der Waals surface area contributed by atoms with E-state index in [1.54, 1.807) is 18.2 Å². The maximum absolute atomic E-state index is 12.1. The molecule has 4 nitrogen and oxygen atoms in total. The first-order valence-corrected chi connectivity index (χ1v) is 6.98. The van der Waals surface area contributed by atoms with Crippen molar-refractivity contribution in [3.8, 4) is 0 Å². The third-order valence-corrected chi connectivity index (χ3v) is 5.79. The molecule has 90 valence electrons. The predicted molar refractivity (Wildman–Crippen MR) is 62.1 cm³/mol. The Balaban J connectivity index is 3.04. The summed E-state index contributed by atoms with van der Waals surface area (Å²) in [6, 6.07) is -0.0697. The van der Waals surface area contributed by atoms with Crippen LogP contribution in [0.15, 0.2) is 0 Å². The van der Waals surface area contributed by atoms with Gasteiger partial charge in [0.05, 0.1) is 5.25 Å².